The third kappa shape index (κ3) is 3.15. The lowest BCUT2D eigenvalue weighted by molar-refractivity contribution is -0.134. The van der Waals surface area contributed by atoms with Gasteiger partial charge < -0.3 is 20.5 Å². The van der Waals surface area contributed by atoms with E-state index >= 15 is 0 Å². The fraction of sp³-hybridized carbons (Fsp3) is 0.455. The van der Waals surface area contributed by atoms with Gasteiger partial charge in [-0.05, 0) is 6.07 Å². The molecule has 1 aliphatic heterocycles. The first-order valence-corrected chi connectivity index (χ1v) is 5.43. The van der Waals surface area contributed by atoms with E-state index in [1.54, 1.807) is 12.4 Å². The topological polar surface area (TPSA) is 86.5 Å². The molecule has 0 spiro atoms. The Hall–Kier alpha value is -1.66. The number of rotatable bonds is 4. The molecule has 1 fully saturated rings. The van der Waals surface area contributed by atoms with E-state index in [0.717, 1.165) is 5.56 Å². The van der Waals surface area contributed by atoms with Gasteiger partial charge in [0.2, 0.25) is 5.91 Å². The Kier molecular flexibility index (Phi) is 3.89. The Labute approximate surface area is 99.1 Å². The molecule has 3 N–H and O–H groups in total. The predicted molar refractivity (Wildman–Crippen MR) is 60.4 cm³/mol. The molecule has 1 saturated heterocycles. The van der Waals surface area contributed by atoms with Crippen LogP contribution in [-0.2, 0) is 16.1 Å². The van der Waals surface area contributed by atoms with Crippen LogP contribution in [0.3, 0.4) is 0 Å². The second kappa shape index (κ2) is 5.60. The molecule has 0 aliphatic carbocycles. The van der Waals surface area contributed by atoms with Crippen LogP contribution in [0.4, 0.5) is 0 Å². The minimum atomic E-state index is -0.126. The molecule has 1 atom stereocenters. The first-order chi connectivity index (χ1) is 8.29. The van der Waals surface area contributed by atoms with Crippen molar-refractivity contribution in [3.05, 3.63) is 24.0 Å². The van der Waals surface area contributed by atoms with Crippen molar-refractivity contribution in [2.24, 2.45) is 5.73 Å². The first kappa shape index (κ1) is 11.8. The van der Waals surface area contributed by atoms with Gasteiger partial charge in [0.15, 0.2) is 0 Å². The molecule has 6 heteroatoms. The lowest BCUT2D eigenvalue weighted by Crippen LogP contribution is -2.45. The zero-order chi connectivity index (χ0) is 12.1. The monoisotopic (exact) mass is 237 g/mol. The number of nitrogens with two attached hydrogens (primary N) is 1. The molecule has 17 heavy (non-hydrogen) atoms. The maximum Gasteiger partial charge on any atom is 0.246 e. The van der Waals surface area contributed by atoms with Crippen LogP contribution in [0.15, 0.2) is 18.5 Å². The molecule has 1 aromatic heterocycles. The summed E-state index contributed by atoms with van der Waals surface area (Å²) in [6.45, 7) is 1.33. The van der Waals surface area contributed by atoms with Crippen LogP contribution >= 0.6 is 0 Å². The number of carbonyl (C=O) groups is 1. The molecule has 0 radical (unpaired) electrons. The number of hydrogen-bond acceptors (Lipinski definition) is 5. The molecule has 0 saturated carbocycles. The maximum absolute atomic E-state index is 10.9. The number of hydrogen-bond donors (Lipinski definition) is 2. The average Bonchev–Trinajstić information content (AvgIpc) is 2.38. The first-order valence-electron chi connectivity index (χ1n) is 5.43. The summed E-state index contributed by atoms with van der Waals surface area (Å²) >= 11 is 0. The molecular formula is C11H15N3O3. The van der Waals surface area contributed by atoms with Gasteiger partial charge in [-0.1, -0.05) is 0 Å². The van der Waals surface area contributed by atoms with Crippen molar-refractivity contribution in [2.45, 2.75) is 12.6 Å². The van der Waals surface area contributed by atoms with Crippen LogP contribution in [0.1, 0.15) is 5.56 Å². The Balaban J connectivity index is 1.87. The fourth-order valence-corrected chi connectivity index (χ4v) is 1.53. The Bertz CT molecular complexity index is 387. The van der Waals surface area contributed by atoms with E-state index in [1.165, 1.54) is 0 Å². The molecular weight excluding hydrogens is 222 g/mol. The lowest BCUT2D eigenvalue weighted by Gasteiger charge is -2.23. The summed E-state index contributed by atoms with van der Waals surface area (Å²) < 4.78 is 10.9. The third-order valence-corrected chi connectivity index (χ3v) is 2.49. The van der Waals surface area contributed by atoms with Crippen LogP contribution in [-0.4, -0.2) is 36.8 Å². The van der Waals surface area contributed by atoms with Gasteiger partial charge in [0.1, 0.15) is 25.1 Å². The van der Waals surface area contributed by atoms with Crippen LogP contribution in [0.2, 0.25) is 0 Å². The van der Waals surface area contributed by atoms with Gasteiger partial charge in [-0.25, -0.2) is 0 Å². The molecule has 92 valence electrons. The minimum Gasteiger partial charge on any atom is -0.489 e. The van der Waals surface area contributed by atoms with Crippen molar-refractivity contribution < 1.29 is 14.3 Å². The number of carbonyl (C=O) groups excluding carboxylic acids is 1. The number of morpholine rings is 1. The molecule has 2 heterocycles. The van der Waals surface area contributed by atoms with E-state index in [-0.39, 0.29) is 18.6 Å². The third-order valence-electron chi connectivity index (χ3n) is 2.49. The second-order valence-electron chi connectivity index (χ2n) is 3.74. The van der Waals surface area contributed by atoms with Gasteiger partial charge in [-0.2, -0.15) is 0 Å². The van der Waals surface area contributed by atoms with Crippen LogP contribution in [0.25, 0.3) is 0 Å². The van der Waals surface area contributed by atoms with Gasteiger partial charge in [0, 0.05) is 24.8 Å². The summed E-state index contributed by atoms with van der Waals surface area (Å²) in [6.07, 6.45) is 3.18. The van der Waals surface area contributed by atoms with E-state index in [9.17, 15) is 4.79 Å². The molecule has 6 nitrogen and oxygen atoms in total. The highest BCUT2D eigenvalue weighted by molar-refractivity contribution is 5.77. The van der Waals surface area contributed by atoms with E-state index in [2.05, 4.69) is 10.3 Å². The number of pyridine rings is 1. The van der Waals surface area contributed by atoms with Crippen molar-refractivity contribution in [1.82, 2.24) is 10.3 Å². The van der Waals surface area contributed by atoms with Gasteiger partial charge >= 0.3 is 0 Å². The number of aromatic nitrogens is 1. The minimum absolute atomic E-state index is 0.0881. The predicted octanol–water partition coefficient (Wildman–Crippen LogP) is -0.566. The summed E-state index contributed by atoms with van der Waals surface area (Å²) in [6, 6.07) is 1.82. The summed E-state index contributed by atoms with van der Waals surface area (Å²) in [5.41, 5.74) is 6.48. The Morgan fingerprint density at radius 2 is 2.53 bits per heavy atom. The molecule has 1 unspecified atom stereocenters. The highest BCUT2D eigenvalue weighted by atomic mass is 16.5. The quantitative estimate of drug-likeness (QED) is 0.732. The summed E-state index contributed by atoms with van der Waals surface area (Å²) in [4.78, 5) is 14.9. The summed E-state index contributed by atoms with van der Waals surface area (Å²) in [7, 11) is 0. The van der Waals surface area contributed by atoms with Crippen molar-refractivity contribution in [3.63, 3.8) is 0 Å². The number of nitrogens with one attached hydrogen (secondary N) is 1. The largest absolute Gasteiger partial charge is 0.489 e. The van der Waals surface area contributed by atoms with Crippen molar-refractivity contribution >= 4 is 5.91 Å². The number of ether oxygens (including phenoxy) is 2. The van der Waals surface area contributed by atoms with Crippen molar-refractivity contribution in [3.8, 4) is 5.75 Å². The van der Waals surface area contributed by atoms with Gasteiger partial charge in [0.25, 0.3) is 0 Å². The van der Waals surface area contributed by atoms with E-state index in [4.69, 9.17) is 15.2 Å². The molecule has 0 bridgehead atoms. The average molecular weight is 237 g/mol. The van der Waals surface area contributed by atoms with E-state index < -0.39 is 0 Å². The smallest absolute Gasteiger partial charge is 0.246 e. The Morgan fingerprint density at radius 1 is 1.65 bits per heavy atom. The standard InChI is InChI=1S/C11H15N3O3/c12-3-8-1-2-13-5-10(8)17-6-9-4-14-11(15)7-16-9/h1-2,5,9H,3-4,6-7,12H2,(H,14,15). The Morgan fingerprint density at radius 3 is 3.24 bits per heavy atom. The highest BCUT2D eigenvalue weighted by Crippen LogP contribution is 2.16. The summed E-state index contributed by atoms with van der Waals surface area (Å²) in [5.74, 6) is 0.570. The molecule has 1 aliphatic rings. The van der Waals surface area contributed by atoms with Crippen LogP contribution in [0.5, 0.6) is 5.75 Å². The molecule has 0 aromatic carbocycles. The zero-order valence-electron chi connectivity index (χ0n) is 9.39. The maximum atomic E-state index is 10.9. The normalized spacial score (nSPS) is 19.8. The van der Waals surface area contributed by atoms with Crippen molar-refractivity contribution in [2.75, 3.05) is 19.8 Å². The van der Waals surface area contributed by atoms with E-state index in [1.807, 2.05) is 6.07 Å². The molecule has 1 amide bonds. The van der Waals surface area contributed by atoms with E-state index in [0.29, 0.717) is 25.4 Å². The molecule has 1 aromatic rings. The highest BCUT2D eigenvalue weighted by Gasteiger charge is 2.19. The number of nitrogens with zero attached hydrogens (tertiary/aromatic N) is 1. The second-order valence-corrected chi connectivity index (χ2v) is 3.74. The summed E-state index contributed by atoms with van der Waals surface area (Å²) in [5, 5.41) is 2.71. The van der Waals surface area contributed by atoms with Crippen LogP contribution < -0.4 is 15.8 Å². The molecule has 2 rings (SSSR count). The van der Waals surface area contributed by atoms with Crippen molar-refractivity contribution in [1.29, 1.82) is 0 Å². The SMILES string of the molecule is NCc1ccncc1OCC1CNC(=O)CO1. The lowest BCUT2D eigenvalue weighted by atomic mass is 10.2. The fourth-order valence-electron chi connectivity index (χ4n) is 1.53. The van der Waals surface area contributed by atoms with Gasteiger partial charge in [-0.15, -0.1) is 0 Å². The number of amides is 1. The van der Waals surface area contributed by atoms with Gasteiger partial charge in [-0.3, -0.25) is 9.78 Å². The zero-order valence-corrected chi connectivity index (χ0v) is 9.39. The van der Waals surface area contributed by atoms with Crippen LogP contribution in [0, 0.1) is 0 Å². The van der Waals surface area contributed by atoms with Gasteiger partial charge in [0.05, 0.1) is 6.20 Å².